The summed E-state index contributed by atoms with van der Waals surface area (Å²) in [4.78, 5) is 14.5. The van der Waals surface area contributed by atoms with E-state index in [9.17, 15) is 4.79 Å². The molecule has 2 aromatic heterocycles. The van der Waals surface area contributed by atoms with Gasteiger partial charge in [0.25, 0.3) is 0 Å². The van der Waals surface area contributed by atoms with Gasteiger partial charge in [-0.15, -0.1) is 11.3 Å². The first kappa shape index (κ1) is 8.76. The fourth-order valence-corrected chi connectivity index (χ4v) is 1.71. The average molecular weight is 207 g/mol. The Morgan fingerprint density at radius 1 is 1.43 bits per heavy atom. The lowest BCUT2D eigenvalue weighted by Crippen LogP contribution is -1.95. The minimum Gasteiger partial charge on any atom is -0.476 e. The zero-order valence-electron chi connectivity index (χ0n) is 6.91. The topological polar surface area (TPSA) is 76.0 Å². The van der Waals surface area contributed by atoms with Crippen molar-refractivity contribution in [1.82, 2.24) is 15.2 Å². The van der Waals surface area contributed by atoms with Crippen molar-refractivity contribution in [3.8, 4) is 10.6 Å². The van der Waals surface area contributed by atoms with Gasteiger partial charge in [0, 0.05) is 10.9 Å². The Hall–Kier alpha value is -1.82. The van der Waals surface area contributed by atoms with E-state index in [-0.39, 0.29) is 5.69 Å². The summed E-state index contributed by atoms with van der Waals surface area (Å²) in [6.45, 7) is 0. The van der Waals surface area contributed by atoms with Crippen LogP contribution in [0.1, 0.15) is 10.5 Å². The second-order valence-electron chi connectivity index (χ2n) is 2.47. The summed E-state index contributed by atoms with van der Waals surface area (Å²) in [6.07, 6.45) is 3.08. The largest absolute Gasteiger partial charge is 0.476 e. The highest BCUT2D eigenvalue weighted by atomic mass is 32.1. The molecule has 5 nitrogen and oxygen atoms in total. The monoisotopic (exact) mass is 207 g/mol. The van der Waals surface area contributed by atoms with Gasteiger partial charge in [-0.2, -0.15) is 10.2 Å². The Morgan fingerprint density at radius 2 is 2.29 bits per heavy atom. The summed E-state index contributed by atoms with van der Waals surface area (Å²) < 4.78 is 0. The van der Waals surface area contributed by atoms with Crippen LogP contribution in [0.3, 0.4) is 0 Å². The molecule has 0 bridgehead atoms. The lowest BCUT2D eigenvalue weighted by Gasteiger charge is -1.91. The zero-order chi connectivity index (χ0) is 9.97. The molecular formula is C8H5N3O2S. The Morgan fingerprint density at radius 3 is 2.86 bits per heavy atom. The van der Waals surface area contributed by atoms with E-state index in [1.54, 1.807) is 12.3 Å². The van der Waals surface area contributed by atoms with E-state index in [2.05, 4.69) is 15.2 Å². The normalized spacial score (nSPS) is 10.0. The van der Waals surface area contributed by atoms with Crippen molar-refractivity contribution in [2.75, 3.05) is 0 Å². The van der Waals surface area contributed by atoms with Crippen molar-refractivity contribution in [1.29, 1.82) is 0 Å². The van der Waals surface area contributed by atoms with Crippen molar-refractivity contribution in [3.05, 3.63) is 29.5 Å². The first-order valence-electron chi connectivity index (χ1n) is 3.73. The van der Waals surface area contributed by atoms with Gasteiger partial charge in [-0.25, -0.2) is 9.78 Å². The molecule has 0 aliphatic rings. The molecule has 2 rings (SSSR count). The highest BCUT2D eigenvalue weighted by Crippen LogP contribution is 2.21. The maximum atomic E-state index is 10.6. The number of nitrogens with zero attached hydrogens (tertiary/aromatic N) is 3. The molecule has 0 radical (unpaired) electrons. The number of thiazole rings is 1. The van der Waals surface area contributed by atoms with E-state index < -0.39 is 5.97 Å². The number of aromatic carboxylic acids is 1. The molecule has 1 N–H and O–H groups in total. The lowest BCUT2D eigenvalue weighted by molar-refractivity contribution is 0.0691. The van der Waals surface area contributed by atoms with Crippen LogP contribution in [0.4, 0.5) is 0 Å². The van der Waals surface area contributed by atoms with Crippen LogP contribution in [0.25, 0.3) is 10.6 Å². The van der Waals surface area contributed by atoms with Gasteiger partial charge in [-0.05, 0) is 6.07 Å². The van der Waals surface area contributed by atoms with Crippen molar-refractivity contribution in [2.24, 2.45) is 0 Å². The number of carboxylic acid groups (broad SMARTS) is 1. The van der Waals surface area contributed by atoms with Gasteiger partial charge in [-0.3, -0.25) is 0 Å². The molecule has 0 aromatic carbocycles. The highest BCUT2D eigenvalue weighted by molar-refractivity contribution is 7.13. The van der Waals surface area contributed by atoms with Gasteiger partial charge < -0.3 is 5.11 Å². The Kier molecular flexibility index (Phi) is 2.19. The van der Waals surface area contributed by atoms with Crippen molar-refractivity contribution in [3.63, 3.8) is 0 Å². The maximum Gasteiger partial charge on any atom is 0.355 e. The summed E-state index contributed by atoms with van der Waals surface area (Å²) in [7, 11) is 0. The quantitative estimate of drug-likeness (QED) is 0.803. The van der Waals surface area contributed by atoms with Crippen LogP contribution in [0, 0.1) is 0 Å². The Balaban J connectivity index is 2.39. The molecule has 0 unspecified atom stereocenters. The van der Waals surface area contributed by atoms with E-state index in [1.165, 1.54) is 22.9 Å². The number of hydrogen-bond acceptors (Lipinski definition) is 5. The summed E-state index contributed by atoms with van der Waals surface area (Å²) >= 11 is 1.27. The Labute approximate surface area is 83.1 Å². The third-order valence-corrected chi connectivity index (χ3v) is 2.45. The third-order valence-electron chi connectivity index (χ3n) is 1.55. The average Bonchev–Trinajstić information content (AvgIpc) is 2.68. The molecular weight excluding hydrogens is 202 g/mol. The van der Waals surface area contributed by atoms with Gasteiger partial charge in [0.1, 0.15) is 5.01 Å². The maximum absolute atomic E-state index is 10.6. The summed E-state index contributed by atoms with van der Waals surface area (Å²) in [6, 6.07) is 1.73. The molecule has 6 heteroatoms. The van der Waals surface area contributed by atoms with E-state index in [0.29, 0.717) is 5.01 Å². The molecule has 0 saturated heterocycles. The molecule has 0 saturated carbocycles. The third kappa shape index (κ3) is 1.60. The predicted molar refractivity (Wildman–Crippen MR) is 50.1 cm³/mol. The molecule has 0 aliphatic heterocycles. The number of carboxylic acids is 1. The fraction of sp³-hybridized carbons (Fsp3) is 0. The van der Waals surface area contributed by atoms with Crippen LogP contribution in [-0.2, 0) is 0 Å². The number of carbonyl (C=O) groups is 1. The Bertz CT molecular complexity index is 455. The molecule has 0 fully saturated rings. The molecule has 0 spiro atoms. The minimum absolute atomic E-state index is 0.0572. The SMILES string of the molecule is O=C(O)c1csc(-c2ccnnc2)n1. The van der Waals surface area contributed by atoms with Gasteiger partial charge in [0.2, 0.25) is 0 Å². The second-order valence-corrected chi connectivity index (χ2v) is 3.33. The molecule has 14 heavy (non-hydrogen) atoms. The van der Waals surface area contributed by atoms with Gasteiger partial charge in [0.15, 0.2) is 5.69 Å². The standard InChI is InChI=1S/C8H5N3O2S/c12-8(13)6-4-14-7(11-6)5-1-2-9-10-3-5/h1-4H,(H,12,13). The van der Waals surface area contributed by atoms with E-state index in [4.69, 9.17) is 5.11 Å². The van der Waals surface area contributed by atoms with E-state index in [1.807, 2.05) is 0 Å². The van der Waals surface area contributed by atoms with Crippen LogP contribution >= 0.6 is 11.3 Å². The summed E-state index contributed by atoms with van der Waals surface area (Å²) in [5, 5.41) is 18.1. The lowest BCUT2D eigenvalue weighted by atomic mass is 10.3. The minimum atomic E-state index is -1.02. The number of aromatic nitrogens is 3. The van der Waals surface area contributed by atoms with Crippen LogP contribution in [0.5, 0.6) is 0 Å². The van der Waals surface area contributed by atoms with Gasteiger partial charge >= 0.3 is 5.97 Å². The van der Waals surface area contributed by atoms with Crippen molar-refractivity contribution < 1.29 is 9.90 Å². The van der Waals surface area contributed by atoms with Gasteiger partial charge in [-0.1, -0.05) is 0 Å². The van der Waals surface area contributed by atoms with E-state index >= 15 is 0 Å². The molecule has 0 atom stereocenters. The zero-order valence-corrected chi connectivity index (χ0v) is 7.73. The first-order chi connectivity index (χ1) is 6.77. The second kappa shape index (κ2) is 3.51. The summed E-state index contributed by atoms with van der Waals surface area (Å²) in [5.74, 6) is -1.02. The number of rotatable bonds is 2. The van der Waals surface area contributed by atoms with Crippen LogP contribution < -0.4 is 0 Å². The molecule has 2 heterocycles. The summed E-state index contributed by atoms with van der Waals surface area (Å²) in [5.41, 5.74) is 0.833. The first-order valence-corrected chi connectivity index (χ1v) is 4.61. The molecule has 0 aliphatic carbocycles. The molecule has 2 aromatic rings. The molecule has 0 amide bonds. The van der Waals surface area contributed by atoms with Crippen LogP contribution in [0.2, 0.25) is 0 Å². The van der Waals surface area contributed by atoms with Gasteiger partial charge in [0.05, 0.1) is 12.4 Å². The van der Waals surface area contributed by atoms with Crippen molar-refractivity contribution in [2.45, 2.75) is 0 Å². The highest BCUT2D eigenvalue weighted by Gasteiger charge is 2.09. The molecule has 70 valence electrons. The van der Waals surface area contributed by atoms with E-state index in [0.717, 1.165) is 5.56 Å². The van der Waals surface area contributed by atoms with Crippen LogP contribution in [0.15, 0.2) is 23.8 Å². The van der Waals surface area contributed by atoms with Crippen LogP contribution in [-0.4, -0.2) is 26.3 Å². The van der Waals surface area contributed by atoms with Crippen molar-refractivity contribution >= 4 is 17.3 Å². The smallest absolute Gasteiger partial charge is 0.355 e. The predicted octanol–water partition coefficient (Wildman–Crippen LogP) is 1.30. The fourth-order valence-electron chi connectivity index (χ4n) is 0.922. The number of hydrogen-bond donors (Lipinski definition) is 1.